The summed E-state index contributed by atoms with van der Waals surface area (Å²) in [5.74, 6) is 0.954. The summed E-state index contributed by atoms with van der Waals surface area (Å²) in [6.07, 6.45) is 8.41. The molecule has 0 aliphatic rings. The number of aromatic nitrogens is 3. The summed E-state index contributed by atoms with van der Waals surface area (Å²) in [7, 11) is 1.81. The number of rotatable bonds is 8. The lowest BCUT2D eigenvalue weighted by molar-refractivity contribution is 0.620. The van der Waals surface area contributed by atoms with Crippen molar-refractivity contribution in [3.05, 3.63) is 41.2 Å². The maximum Gasteiger partial charge on any atom is 0.275 e. The zero-order valence-corrected chi connectivity index (χ0v) is 15.9. The molecule has 0 spiro atoms. The largest absolute Gasteiger partial charge is 0.394 e. The van der Waals surface area contributed by atoms with E-state index in [0.717, 1.165) is 42.8 Å². The van der Waals surface area contributed by atoms with E-state index in [-0.39, 0.29) is 5.56 Å². The quantitative estimate of drug-likeness (QED) is 0.373. The Bertz CT molecular complexity index is 608. The number of fused-ring (bicyclic) bond motifs is 1. The van der Waals surface area contributed by atoms with Crippen molar-refractivity contribution in [3.8, 4) is 0 Å². The van der Waals surface area contributed by atoms with E-state index in [2.05, 4.69) is 44.8 Å². The Kier molecular flexibility index (Phi) is 13.8. The van der Waals surface area contributed by atoms with Gasteiger partial charge in [-0.05, 0) is 31.3 Å². The average molecular weight is 354 g/mol. The van der Waals surface area contributed by atoms with Crippen molar-refractivity contribution < 1.29 is 0 Å². The number of nitrogens with one attached hydrogen (secondary N) is 4. The van der Waals surface area contributed by atoms with E-state index < -0.39 is 0 Å². The zero-order chi connectivity index (χ0) is 18.2. The Morgan fingerprint density at radius 1 is 1.29 bits per heavy atom. The minimum atomic E-state index is -0.125. The summed E-state index contributed by atoms with van der Waals surface area (Å²) < 4.78 is 0. The van der Waals surface area contributed by atoms with Crippen LogP contribution in [0, 0.1) is 0 Å². The molecule has 2 heterocycles. The van der Waals surface area contributed by atoms with Crippen LogP contribution in [0.25, 0.3) is 11.0 Å². The molecule has 0 saturated heterocycles. The highest BCUT2D eigenvalue weighted by Crippen LogP contribution is 2.10. The number of unbranched alkanes of at least 4 members (excludes halogenated alkanes) is 2. The van der Waals surface area contributed by atoms with Crippen molar-refractivity contribution in [2.75, 3.05) is 19.3 Å². The van der Waals surface area contributed by atoms with Crippen LogP contribution in [0.15, 0.2) is 30.1 Å². The average Bonchev–Trinajstić information content (AvgIpc) is 3.04. The molecule has 0 aromatic carbocycles. The van der Waals surface area contributed by atoms with Crippen molar-refractivity contribution in [1.29, 1.82) is 0 Å². The summed E-state index contributed by atoms with van der Waals surface area (Å²) in [6, 6.07) is 0. The van der Waals surface area contributed by atoms with Crippen LogP contribution in [0.2, 0.25) is 0 Å². The highest BCUT2D eigenvalue weighted by Gasteiger charge is 2.06. The van der Waals surface area contributed by atoms with Gasteiger partial charge in [0, 0.05) is 25.4 Å². The van der Waals surface area contributed by atoms with Crippen LogP contribution in [-0.4, -0.2) is 34.3 Å². The van der Waals surface area contributed by atoms with Gasteiger partial charge in [-0.15, -0.1) is 0 Å². The maximum absolute atomic E-state index is 11.5. The first-order chi connectivity index (χ1) is 11.7. The third-order valence-corrected chi connectivity index (χ3v) is 3.40. The summed E-state index contributed by atoms with van der Waals surface area (Å²) in [4.78, 5) is 21.2. The van der Waals surface area contributed by atoms with E-state index in [1.807, 2.05) is 27.1 Å². The molecule has 6 nitrogen and oxygen atoms in total. The minimum Gasteiger partial charge on any atom is -0.394 e. The van der Waals surface area contributed by atoms with Gasteiger partial charge < -0.3 is 20.6 Å². The molecule has 136 valence electrons. The van der Waals surface area contributed by atoms with Crippen molar-refractivity contribution in [3.63, 3.8) is 0 Å². The second kappa shape index (κ2) is 14.8. The number of H-pyrrole nitrogens is 2. The molecular formula is C17H31N5OS. The van der Waals surface area contributed by atoms with E-state index >= 15 is 0 Å². The van der Waals surface area contributed by atoms with Gasteiger partial charge in [0.05, 0.1) is 11.8 Å². The van der Waals surface area contributed by atoms with Gasteiger partial charge in [-0.2, -0.15) is 12.6 Å². The fourth-order valence-electron chi connectivity index (χ4n) is 1.90. The molecule has 0 aliphatic carbocycles. The highest BCUT2D eigenvalue weighted by atomic mass is 32.1. The SMILES string of the molecule is C=CNC.CC.O=c1[nH]cnc2c(CNCCCCCS)c[nH]c12. The molecule has 0 fully saturated rings. The van der Waals surface area contributed by atoms with Gasteiger partial charge >= 0.3 is 0 Å². The number of hydrogen-bond donors (Lipinski definition) is 5. The molecule has 0 atom stereocenters. The smallest absolute Gasteiger partial charge is 0.275 e. The van der Waals surface area contributed by atoms with Crippen molar-refractivity contribution >= 4 is 23.7 Å². The topological polar surface area (TPSA) is 85.6 Å². The second-order valence-electron chi connectivity index (χ2n) is 4.72. The fraction of sp³-hybridized carbons (Fsp3) is 0.529. The Balaban J connectivity index is 0.000000773. The van der Waals surface area contributed by atoms with E-state index in [9.17, 15) is 4.79 Å². The monoisotopic (exact) mass is 353 g/mol. The normalized spacial score (nSPS) is 9.50. The number of hydrogen-bond acceptors (Lipinski definition) is 5. The standard InChI is InChI=1S/C12H18N4OS.C3H7N.C2H6/c17-12-11-10(15-8-16-12)9(7-14-11)6-13-4-2-1-3-5-18;1-3-4-2;1-2/h7-8,13-14,18H,1-6H2,(H,15,16,17);3-4H,1H2,2H3;1-2H3. The van der Waals surface area contributed by atoms with Crippen LogP contribution in [0.3, 0.4) is 0 Å². The summed E-state index contributed by atoms with van der Waals surface area (Å²) in [5, 5.41) is 6.06. The van der Waals surface area contributed by atoms with Gasteiger partial charge in [0.25, 0.3) is 5.56 Å². The minimum absolute atomic E-state index is 0.125. The first-order valence-corrected chi connectivity index (χ1v) is 9.01. The molecule has 0 saturated carbocycles. The third kappa shape index (κ3) is 8.21. The molecule has 7 heteroatoms. The molecule has 0 bridgehead atoms. The molecule has 0 amide bonds. The fourth-order valence-corrected chi connectivity index (χ4v) is 2.12. The van der Waals surface area contributed by atoms with Gasteiger partial charge in [0.1, 0.15) is 5.52 Å². The van der Waals surface area contributed by atoms with Crippen LogP contribution in [0.1, 0.15) is 38.7 Å². The highest BCUT2D eigenvalue weighted by molar-refractivity contribution is 7.80. The molecular weight excluding hydrogens is 322 g/mol. The second-order valence-corrected chi connectivity index (χ2v) is 5.17. The van der Waals surface area contributed by atoms with Gasteiger partial charge in [0.15, 0.2) is 0 Å². The molecule has 0 aliphatic heterocycles. The van der Waals surface area contributed by atoms with Crippen LogP contribution < -0.4 is 16.2 Å². The van der Waals surface area contributed by atoms with Crippen molar-refractivity contribution in [2.24, 2.45) is 0 Å². The Labute approximate surface area is 150 Å². The lowest BCUT2D eigenvalue weighted by Gasteiger charge is -2.02. The molecule has 0 unspecified atom stereocenters. The molecule has 24 heavy (non-hydrogen) atoms. The van der Waals surface area contributed by atoms with Gasteiger partial charge in [-0.25, -0.2) is 4.98 Å². The number of nitrogens with zero attached hydrogens (tertiary/aromatic N) is 1. The lowest BCUT2D eigenvalue weighted by atomic mass is 10.2. The summed E-state index contributed by atoms with van der Waals surface area (Å²) in [5.41, 5.74) is 2.20. The van der Waals surface area contributed by atoms with Crippen LogP contribution in [0.5, 0.6) is 0 Å². The maximum atomic E-state index is 11.5. The lowest BCUT2D eigenvalue weighted by Crippen LogP contribution is -2.15. The Morgan fingerprint density at radius 3 is 2.62 bits per heavy atom. The molecule has 0 radical (unpaired) electrons. The predicted octanol–water partition coefficient (Wildman–Crippen LogP) is 2.82. The van der Waals surface area contributed by atoms with E-state index in [0.29, 0.717) is 5.52 Å². The molecule has 2 aromatic heterocycles. The third-order valence-electron chi connectivity index (χ3n) is 3.08. The number of aromatic amines is 2. The van der Waals surface area contributed by atoms with Gasteiger partial charge in [0.2, 0.25) is 0 Å². The Hall–Kier alpha value is -1.73. The van der Waals surface area contributed by atoms with Crippen LogP contribution >= 0.6 is 12.6 Å². The van der Waals surface area contributed by atoms with E-state index in [1.54, 1.807) is 6.20 Å². The molecule has 4 N–H and O–H groups in total. The summed E-state index contributed by atoms with van der Waals surface area (Å²) >= 11 is 4.18. The number of thiol groups is 1. The van der Waals surface area contributed by atoms with Crippen molar-refractivity contribution in [1.82, 2.24) is 25.6 Å². The zero-order valence-electron chi connectivity index (χ0n) is 15.0. The first-order valence-electron chi connectivity index (χ1n) is 8.38. The first kappa shape index (κ1) is 22.3. The predicted molar refractivity (Wildman–Crippen MR) is 107 cm³/mol. The summed E-state index contributed by atoms with van der Waals surface area (Å²) in [6.45, 7) is 9.08. The van der Waals surface area contributed by atoms with Crippen LogP contribution in [-0.2, 0) is 6.54 Å². The Morgan fingerprint density at radius 2 is 2.00 bits per heavy atom. The molecule has 2 rings (SSSR count). The van der Waals surface area contributed by atoms with E-state index in [4.69, 9.17) is 0 Å². The molecule has 2 aromatic rings. The van der Waals surface area contributed by atoms with E-state index in [1.165, 1.54) is 12.7 Å². The van der Waals surface area contributed by atoms with Gasteiger partial charge in [-0.3, -0.25) is 4.79 Å². The van der Waals surface area contributed by atoms with Gasteiger partial charge in [-0.1, -0.05) is 26.8 Å². The van der Waals surface area contributed by atoms with Crippen molar-refractivity contribution in [2.45, 2.75) is 39.7 Å². The van der Waals surface area contributed by atoms with Crippen LogP contribution in [0.4, 0.5) is 0 Å².